The van der Waals surface area contributed by atoms with Crippen molar-refractivity contribution in [1.29, 1.82) is 5.26 Å². The Morgan fingerprint density at radius 1 is 1.46 bits per heavy atom. The first-order valence-corrected chi connectivity index (χ1v) is 7.80. The highest BCUT2D eigenvalue weighted by Crippen LogP contribution is 2.43. The van der Waals surface area contributed by atoms with Gasteiger partial charge in [-0.2, -0.15) is 5.26 Å². The molecule has 24 heavy (non-hydrogen) atoms. The lowest BCUT2D eigenvalue weighted by molar-refractivity contribution is 0.371. The topological polar surface area (TPSA) is 92.2 Å². The molecule has 0 amide bonds. The molecule has 2 aromatic rings. The first-order valence-electron chi connectivity index (χ1n) is 7.80. The molecule has 0 unspecified atom stereocenters. The molecule has 3 rings (SSSR count). The van der Waals surface area contributed by atoms with Crippen LogP contribution in [0.3, 0.4) is 0 Å². The summed E-state index contributed by atoms with van der Waals surface area (Å²) < 4.78 is 5.27. The first kappa shape index (κ1) is 15.9. The van der Waals surface area contributed by atoms with Crippen LogP contribution in [0.2, 0.25) is 0 Å². The quantitative estimate of drug-likeness (QED) is 0.822. The zero-order valence-electron chi connectivity index (χ0n) is 13.5. The Bertz CT molecular complexity index is 849. The summed E-state index contributed by atoms with van der Waals surface area (Å²) in [4.78, 5) is 4.37. The van der Waals surface area contributed by atoms with Gasteiger partial charge in [0.15, 0.2) is 11.5 Å². The Kier molecular flexibility index (Phi) is 4.13. The monoisotopic (exact) mass is 321 g/mol. The molecule has 1 aromatic carbocycles. The maximum Gasteiger partial charge on any atom is 0.161 e. The second kappa shape index (κ2) is 6.25. The number of aromatic hydroxyl groups is 1. The lowest BCUT2D eigenvalue weighted by Gasteiger charge is -2.14. The Morgan fingerprint density at radius 3 is 2.79 bits per heavy atom. The van der Waals surface area contributed by atoms with Crippen molar-refractivity contribution in [3.8, 4) is 28.7 Å². The van der Waals surface area contributed by atoms with Gasteiger partial charge in [-0.05, 0) is 43.0 Å². The second-order valence-electron chi connectivity index (χ2n) is 5.92. The summed E-state index contributed by atoms with van der Waals surface area (Å²) in [6, 6.07) is 7.62. The number of anilines is 1. The van der Waals surface area contributed by atoms with Crippen LogP contribution in [0.5, 0.6) is 11.5 Å². The van der Waals surface area contributed by atoms with Crippen molar-refractivity contribution in [2.45, 2.75) is 25.2 Å². The van der Waals surface area contributed by atoms with Gasteiger partial charge in [-0.3, -0.25) is 0 Å². The maximum atomic E-state index is 10.3. The van der Waals surface area contributed by atoms with E-state index in [9.17, 15) is 10.4 Å². The Balaban J connectivity index is 2.22. The van der Waals surface area contributed by atoms with E-state index in [4.69, 9.17) is 10.5 Å². The van der Waals surface area contributed by atoms with Crippen molar-refractivity contribution < 1.29 is 9.84 Å². The molecule has 1 heterocycles. The number of nitrogens with zero attached hydrogens (tertiary/aromatic N) is 2. The van der Waals surface area contributed by atoms with Gasteiger partial charge in [0.2, 0.25) is 0 Å². The zero-order chi connectivity index (χ0) is 17.3. The highest BCUT2D eigenvalue weighted by atomic mass is 16.5. The normalized spacial score (nSPS) is 13.3. The molecule has 5 heteroatoms. The number of methoxy groups -OCH3 is 1. The van der Waals surface area contributed by atoms with Gasteiger partial charge < -0.3 is 15.6 Å². The van der Waals surface area contributed by atoms with E-state index >= 15 is 0 Å². The molecule has 0 bridgehead atoms. The van der Waals surface area contributed by atoms with E-state index in [-0.39, 0.29) is 11.6 Å². The number of nitrogens with two attached hydrogens (primary N) is 1. The average Bonchev–Trinajstić information content (AvgIpc) is 3.41. The molecule has 5 nitrogen and oxygen atoms in total. The molecule has 1 fully saturated rings. The smallest absolute Gasteiger partial charge is 0.161 e. The Labute approximate surface area is 141 Å². The number of phenolic OH excluding ortho intramolecular Hbond substituents is 1. The number of allylic oxidation sites excluding steroid dienone is 1. The van der Waals surface area contributed by atoms with Crippen LogP contribution >= 0.6 is 0 Å². The lowest BCUT2D eigenvalue weighted by atomic mass is 9.96. The van der Waals surface area contributed by atoms with Crippen molar-refractivity contribution in [3.63, 3.8) is 0 Å². The zero-order valence-corrected chi connectivity index (χ0v) is 13.5. The summed E-state index contributed by atoms with van der Waals surface area (Å²) in [6.07, 6.45) is 4.39. The minimum absolute atomic E-state index is 0.0871. The summed E-state index contributed by atoms with van der Waals surface area (Å²) in [6.45, 7) is 3.71. The Morgan fingerprint density at radius 2 is 2.21 bits per heavy atom. The van der Waals surface area contributed by atoms with Crippen molar-refractivity contribution in [2.24, 2.45) is 0 Å². The van der Waals surface area contributed by atoms with Crippen LogP contribution in [0, 0.1) is 11.3 Å². The summed E-state index contributed by atoms with van der Waals surface area (Å²) in [5.74, 6) is 1.11. The van der Waals surface area contributed by atoms with Crippen LogP contribution in [0.1, 0.15) is 35.6 Å². The standard InChI is InChI=1S/C19H19N3O2/c1-3-4-12-7-13(8-17(24-2)18(12)23)14-9-16(11-5-6-11)22-19(21)15(14)10-20/h3,7-9,11,23H,1,4-6H2,2H3,(H2,21,22). The average molecular weight is 321 g/mol. The van der Waals surface area contributed by atoms with Gasteiger partial charge in [0.05, 0.1) is 7.11 Å². The molecule has 0 atom stereocenters. The fourth-order valence-electron chi connectivity index (χ4n) is 2.81. The first-order chi connectivity index (χ1) is 11.6. The highest BCUT2D eigenvalue weighted by Gasteiger charge is 2.27. The van der Waals surface area contributed by atoms with Gasteiger partial charge in [-0.25, -0.2) is 4.98 Å². The third-order valence-corrected chi connectivity index (χ3v) is 4.22. The molecule has 1 aliphatic carbocycles. The van der Waals surface area contributed by atoms with Gasteiger partial charge in [0, 0.05) is 22.7 Å². The molecule has 0 aliphatic heterocycles. The predicted molar refractivity (Wildman–Crippen MR) is 92.9 cm³/mol. The van der Waals surface area contributed by atoms with Gasteiger partial charge in [-0.15, -0.1) is 6.58 Å². The van der Waals surface area contributed by atoms with Crippen LogP contribution < -0.4 is 10.5 Å². The molecule has 0 spiro atoms. The third-order valence-electron chi connectivity index (χ3n) is 4.22. The summed E-state index contributed by atoms with van der Waals surface area (Å²) in [7, 11) is 1.50. The van der Waals surface area contributed by atoms with Crippen LogP contribution in [-0.2, 0) is 6.42 Å². The molecular weight excluding hydrogens is 302 g/mol. The van der Waals surface area contributed by atoms with Crippen LogP contribution in [0.25, 0.3) is 11.1 Å². The number of benzene rings is 1. The van der Waals surface area contributed by atoms with E-state index in [1.165, 1.54) is 7.11 Å². The van der Waals surface area contributed by atoms with Crippen LogP contribution in [0.15, 0.2) is 30.9 Å². The molecule has 1 aliphatic rings. The molecule has 122 valence electrons. The predicted octanol–water partition coefficient (Wildman–Crippen LogP) is 3.52. The number of rotatable bonds is 5. The molecule has 0 saturated heterocycles. The van der Waals surface area contributed by atoms with Crippen molar-refractivity contribution in [3.05, 3.63) is 47.7 Å². The fourth-order valence-corrected chi connectivity index (χ4v) is 2.81. The van der Waals surface area contributed by atoms with Crippen molar-refractivity contribution in [1.82, 2.24) is 4.98 Å². The second-order valence-corrected chi connectivity index (χ2v) is 5.92. The third kappa shape index (κ3) is 2.79. The lowest BCUT2D eigenvalue weighted by Crippen LogP contribution is -2.01. The van der Waals surface area contributed by atoms with E-state index in [1.807, 2.05) is 12.1 Å². The number of hydrogen-bond acceptors (Lipinski definition) is 5. The van der Waals surface area contributed by atoms with Crippen molar-refractivity contribution >= 4 is 5.82 Å². The van der Waals surface area contributed by atoms with Gasteiger partial charge >= 0.3 is 0 Å². The molecule has 1 aromatic heterocycles. The number of phenols is 1. The number of nitriles is 1. The number of pyridine rings is 1. The van der Waals surface area contributed by atoms with E-state index in [1.54, 1.807) is 12.1 Å². The minimum Gasteiger partial charge on any atom is -0.504 e. The number of ether oxygens (including phenoxy) is 1. The van der Waals surface area contributed by atoms with Gasteiger partial charge in [0.25, 0.3) is 0 Å². The summed E-state index contributed by atoms with van der Waals surface area (Å²) >= 11 is 0. The maximum absolute atomic E-state index is 10.3. The fraction of sp³-hybridized carbons (Fsp3) is 0.263. The largest absolute Gasteiger partial charge is 0.504 e. The van der Waals surface area contributed by atoms with Gasteiger partial charge in [-0.1, -0.05) is 6.08 Å². The minimum atomic E-state index is 0.0871. The van der Waals surface area contributed by atoms with E-state index < -0.39 is 0 Å². The molecule has 0 radical (unpaired) electrons. The summed E-state index contributed by atoms with van der Waals surface area (Å²) in [5.41, 5.74) is 9.44. The van der Waals surface area contributed by atoms with E-state index in [2.05, 4.69) is 17.6 Å². The van der Waals surface area contributed by atoms with Crippen molar-refractivity contribution in [2.75, 3.05) is 12.8 Å². The van der Waals surface area contributed by atoms with E-state index in [0.29, 0.717) is 29.2 Å². The number of nitrogen functional groups attached to an aromatic ring is 1. The summed E-state index contributed by atoms with van der Waals surface area (Å²) in [5, 5.41) is 19.7. The molecular formula is C19H19N3O2. The van der Waals surface area contributed by atoms with Crippen LogP contribution in [-0.4, -0.2) is 17.2 Å². The Hall–Kier alpha value is -3.00. The molecule has 1 saturated carbocycles. The number of aromatic nitrogens is 1. The molecule has 3 N–H and O–H groups in total. The number of hydrogen-bond donors (Lipinski definition) is 2. The SMILES string of the molecule is C=CCc1cc(-c2cc(C3CC3)nc(N)c2C#N)cc(OC)c1O. The highest BCUT2D eigenvalue weighted by molar-refractivity contribution is 5.78. The van der Waals surface area contributed by atoms with Crippen LogP contribution in [0.4, 0.5) is 5.82 Å². The van der Waals surface area contributed by atoms with E-state index in [0.717, 1.165) is 29.7 Å². The van der Waals surface area contributed by atoms with Gasteiger partial charge in [0.1, 0.15) is 17.5 Å².